The Kier molecular flexibility index (Phi) is 6.35. The minimum atomic E-state index is -0.788. The molecule has 4 rings (SSSR count). The highest BCUT2D eigenvalue weighted by molar-refractivity contribution is 7.10. The van der Waals surface area contributed by atoms with Crippen LogP contribution in [0.25, 0.3) is 5.76 Å². The Hall–Kier alpha value is -2.75. The molecule has 31 heavy (non-hydrogen) atoms. The molecule has 2 saturated heterocycles. The molecule has 7 nitrogen and oxygen atoms in total. The van der Waals surface area contributed by atoms with Gasteiger partial charge >= 0.3 is 0 Å². The summed E-state index contributed by atoms with van der Waals surface area (Å²) in [5.74, 6) is -2.28. The largest absolute Gasteiger partial charge is 0.507 e. The van der Waals surface area contributed by atoms with Crippen LogP contribution >= 0.6 is 11.3 Å². The van der Waals surface area contributed by atoms with E-state index in [9.17, 15) is 19.1 Å². The zero-order valence-electron chi connectivity index (χ0n) is 17.0. The number of rotatable bonds is 6. The lowest BCUT2D eigenvalue weighted by Crippen LogP contribution is -2.42. The minimum absolute atomic E-state index is 0.0373. The SMILES string of the molecule is COc1ccc(F)cc1/C(O)=C1\C(=O)C(=O)N(CCN2CCOCC2)[C@@H]1c1cccs1. The lowest BCUT2D eigenvalue weighted by Gasteiger charge is -2.30. The van der Waals surface area contributed by atoms with Crippen molar-refractivity contribution in [3.63, 3.8) is 0 Å². The van der Waals surface area contributed by atoms with Crippen LogP contribution in [-0.4, -0.2) is 73.1 Å². The second-order valence-corrected chi connectivity index (χ2v) is 8.29. The van der Waals surface area contributed by atoms with Crippen LogP contribution in [0.3, 0.4) is 0 Å². The third kappa shape index (κ3) is 4.21. The van der Waals surface area contributed by atoms with E-state index >= 15 is 0 Å². The van der Waals surface area contributed by atoms with Crippen molar-refractivity contribution in [2.24, 2.45) is 0 Å². The zero-order chi connectivity index (χ0) is 22.0. The van der Waals surface area contributed by atoms with Gasteiger partial charge in [0, 0.05) is 31.1 Å². The highest BCUT2D eigenvalue weighted by Crippen LogP contribution is 2.42. The van der Waals surface area contributed by atoms with Crippen molar-refractivity contribution in [2.75, 3.05) is 46.5 Å². The number of ether oxygens (including phenoxy) is 2. The molecule has 0 bridgehead atoms. The van der Waals surface area contributed by atoms with Crippen molar-refractivity contribution in [1.82, 2.24) is 9.80 Å². The van der Waals surface area contributed by atoms with Gasteiger partial charge in [0.15, 0.2) is 0 Å². The molecule has 1 aromatic carbocycles. The normalized spacial score (nSPS) is 21.6. The topological polar surface area (TPSA) is 79.3 Å². The monoisotopic (exact) mass is 446 g/mol. The summed E-state index contributed by atoms with van der Waals surface area (Å²) >= 11 is 1.39. The summed E-state index contributed by atoms with van der Waals surface area (Å²) in [5, 5.41) is 12.9. The maximum Gasteiger partial charge on any atom is 0.295 e. The van der Waals surface area contributed by atoms with Crippen molar-refractivity contribution < 1.29 is 28.6 Å². The number of ketones is 1. The first-order valence-corrected chi connectivity index (χ1v) is 10.8. The van der Waals surface area contributed by atoms with Crippen molar-refractivity contribution in [3.05, 3.63) is 57.5 Å². The van der Waals surface area contributed by atoms with Gasteiger partial charge in [-0.1, -0.05) is 6.07 Å². The van der Waals surface area contributed by atoms with Crippen LogP contribution in [0.15, 0.2) is 41.3 Å². The molecule has 1 N–H and O–H groups in total. The van der Waals surface area contributed by atoms with E-state index in [1.807, 2.05) is 17.5 Å². The van der Waals surface area contributed by atoms with Gasteiger partial charge in [0.05, 0.1) is 37.5 Å². The van der Waals surface area contributed by atoms with Crippen LogP contribution in [-0.2, 0) is 14.3 Å². The van der Waals surface area contributed by atoms with Crippen molar-refractivity contribution in [2.45, 2.75) is 6.04 Å². The van der Waals surface area contributed by atoms with Crippen molar-refractivity contribution >= 4 is 28.8 Å². The quantitative estimate of drug-likeness (QED) is 0.418. The molecule has 0 spiro atoms. The summed E-state index contributed by atoms with van der Waals surface area (Å²) in [6.07, 6.45) is 0. The summed E-state index contributed by atoms with van der Waals surface area (Å²) in [4.78, 5) is 30.3. The van der Waals surface area contributed by atoms with E-state index in [0.29, 0.717) is 26.3 Å². The number of aliphatic hydroxyl groups is 1. The van der Waals surface area contributed by atoms with Gasteiger partial charge in [0.1, 0.15) is 17.3 Å². The fourth-order valence-corrected chi connectivity index (χ4v) is 4.78. The van der Waals surface area contributed by atoms with Crippen LogP contribution in [0, 0.1) is 5.82 Å². The summed E-state index contributed by atoms with van der Waals surface area (Å²) in [7, 11) is 1.39. The van der Waals surface area contributed by atoms with E-state index in [-0.39, 0.29) is 16.9 Å². The molecular weight excluding hydrogens is 423 g/mol. The molecule has 0 radical (unpaired) electrons. The molecule has 0 saturated carbocycles. The molecule has 9 heteroatoms. The molecular formula is C22H23FN2O5S. The van der Waals surface area contributed by atoms with E-state index in [4.69, 9.17) is 9.47 Å². The van der Waals surface area contributed by atoms with Gasteiger partial charge in [-0.2, -0.15) is 0 Å². The molecule has 3 heterocycles. The maximum absolute atomic E-state index is 13.9. The number of amides is 1. The molecule has 2 aliphatic heterocycles. The Morgan fingerprint density at radius 3 is 2.71 bits per heavy atom. The lowest BCUT2D eigenvalue weighted by atomic mass is 9.99. The van der Waals surface area contributed by atoms with E-state index in [1.165, 1.54) is 35.5 Å². The second-order valence-electron chi connectivity index (χ2n) is 7.31. The van der Waals surface area contributed by atoms with Gasteiger partial charge in [0.2, 0.25) is 0 Å². The number of morpholine rings is 1. The molecule has 1 atom stereocenters. The summed E-state index contributed by atoms with van der Waals surface area (Å²) in [6, 6.07) is 6.57. The van der Waals surface area contributed by atoms with Crippen LogP contribution in [0.5, 0.6) is 5.75 Å². The lowest BCUT2D eigenvalue weighted by molar-refractivity contribution is -0.140. The molecule has 0 aliphatic carbocycles. The third-order valence-corrected chi connectivity index (χ3v) is 6.45. The number of benzene rings is 1. The number of thiophene rings is 1. The van der Waals surface area contributed by atoms with Crippen molar-refractivity contribution in [3.8, 4) is 5.75 Å². The highest BCUT2D eigenvalue weighted by Gasteiger charge is 2.46. The van der Waals surface area contributed by atoms with Gasteiger partial charge in [-0.3, -0.25) is 14.5 Å². The summed E-state index contributed by atoms with van der Waals surface area (Å²) in [5.41, 5.74) is -0.0198. The molecule has 2 aliphatic rings. The van der Waals surface area contributed by atoms with E-state index in [1.54, 1.807) is 0 Å². The number of likely N-dealkylation sites (tertiary alicyclic amines) is 1. The second kappa shape index (κ2) is 9.17. The fraction of sp³-hybridized carbons (Fsp3) is 0.364. The van der Waals surface area contributed by atoms with Crippen LogP contribution in [0.2, 0.25) is 0 Å². The number of nitrogens with zero attached hydrogens (tertiary/aromatic N) is 2. The van der Waals surface area contributed by atoms with Crippen LogP contribution in [0.1, 0.15) is 16.5 Å². The number of carbonyl (C=O) groups is 2. The molecule has 2 fully saturated rings. The number of Topliss-reactive ketones (excluding diaryl/α,β-unsaturated/α-hetero) is 1. The average molecular weight is 447 g/mol. The predicted molar refractivity (Wildman–Crippen MR) is 114 cm³/mol. The standard InChI is InChI=1S/C22H23FN2O5S/c1-29-16-5-4-14(23)13-15(16)20(26)18-19(17-3-2-12-31-17)25(22(28)21(18)27)7-6-24-8-10-30-11-9-24/h2-5,12-13,19,26H,6-11H2,1H3/b20-18+/t19-/m1/s1. The Bertz CT molecular complexity index is 1000. The number of halogens is 1. The van der Waals surface area contributed by atoms with Gasteiger partial charge in [0.25, 0.3) is 11.7 Å². The molecule has 2 aromatic rings. The first kappa shape index (κ1) is 21.5. The zero-order valence-corrected chi connectivity index (χ0v) is 17.9. The molecule has 0 unspecified atom stereocenters. The minimum Gasteiger partial charge on any atom is -0.507 e. The van der Waals surface area contributed by atoms with E-state index in [2.05, 4.69) is 4.90 Å². The van der Waals surface area contributed by atoms with Gasteiger partial charge < -0.3 is 19.5 Å². The number of hydrogen-bond acceptors (Lipinski definition) is 7. The van der Waals surface area contributed by atoms with Gasteiger partial charge in [-0.15, -0.1) is 11.3 Å². The van der Waals surface area contributed by atoms with E-state index in [0.717, 1.165) is 24.0 Å². The fourth-order valence-electron chi connectivity index (χ4n) is 3.94. The summed E-state index contributed by atoms with van der Waals surface area (Å²) in [6.45, 7) is 3.69. The maximum atomic E-state index is 13.9. The summed E-state index contributed by atoms with van der Waals surface area (Å²) < 4.78 is 24.5. The molecule has 1 amide bonds. The highest BCUT2D eigenvalue weighted by atomic mass is 32.1. The van der Waals surface area contributed by atoms with Crippen LogP contribution in [0.4, 0.5) is 4.39 Å². The average Bonchev–Trinajstić information content (AvgIpc) is 3.40. The number of hydrogen-bond donors (Lipinski definition) is 1. The van der Waals surface area contributed by atoms with Gasteiger partial charge in [-0.05, 0) is 29.6 Å². The van der Waals surface area contributed by atoms with Crippen molar-refractivity contribution in [1.29, 1.82) is 0 Å². The van der Waals surface area contributed by atoms with Gasteiger partial charge in [-0.25, -0.2) is 4.39 Å². The van der Waals surface area contributed by atoms with Crippen LogP contribution < -0.4 is 4.74 Å². The Morgan fingerprint density at radius 1 is 1.26 bits per heavy atom. The Balaban J connectivity index is 1.74. The number of methoxy groups -OCH3 is 1. The predicted octanol–water partition coefficient (Wildman–Crippen LogP) is 2.65. The molecule has 164 valence electrons. The number of carbonyl (C=O) groups excluding carboxylic acids is 2. The molecule has 1 aromatic heterocycles. The first-order valence-electron chi connectivity index (χ1n) is 9.97. The first-order chi connectivity index (χ1) is 15.0. The smallest absolute Gasteiger partial charge is 0.295 e. The van der Waals surface area contributed by atoms with E-state index < -0.39 is 29.3 Å². The number of aliphatic hydroxyl groups excluding tert-OH is 1. The Morgan fingerprint density at radius 2 is 2.03 bits per heavy atom. The third-order valence-electron chi connectivity index (χ3n) is 5.53. The Labute approximate surface area is 183 Å².